The van der Waals surface area contributed by atoms with Crippen LogP contribution in [-0.4, -0.2) is 42.9 Å². The Bertz CT molecular complexity index is 1110. The van der Waals surface area contributed by atoms with Crippen LogP contribution in [0.2, 0.25) is 0 Å². The van der Waals surface area contributed by atoms with Crippen molar-refractivity contribution < 1.29 is 44.9 Å². The minimum absolute atomic E-state index is 0.372. The highest BCUT2D eigenvalue weighted by Crippen LogP contribution is 2.50. The van der Waals surface area contributed by atoms with Crippen molar-refractivity contribution in [1.29, 1.82) is 0 Å². The summed E-state index contributed by atoms with van der Waals surface area (Å²) < 4.78 is 9.75. The third-order valence-corrected chi connectivity index (χ3v) is 3.82. The zero-order valence-electron chi connectivity index (χ0n) is 13.0. The molecule has 0 radical (unpaired) electrons. The molecule has 2 aromatic carbocycles. The van der Waals surface area contributed by atoms with Gasteiger partial charge in [-0.2, -0.15) is 0 Å². The van der Waals surface area contributed by atoms with Crippen LogP contribution in [0.1, 0.15) is 0 Å². The van der Waals surface area contributed by atoms with Gasteiger partial charge in [0, 0.05) is 5.56 Å². The Morgan fingerprint density at radius 1 is 0.808 bits per heavy atom. The number of hydrogen-bond acceptors (Lipinski definition) is 10. The van der Waals surface area contributed by atoms with Crippen LogP contribution in [0.4, 0.5) is 0 Å². The molecule has 0 amide bonds. The summed E-state index contributed by atoms with van der Waals surface area (Å²) in [5.74, 6) is -6.98. The van der Waals surface area contributed by atoms with Crippen molar-refractivity contribution in [3.8, 4) is 57.1 Å². The van der Waals surface area contributed by atoms with Gasteiger partial charge in [-0.05, 0) is 6.07 Å². The number of fused-ring (bicyclic) bond motifs is 1. The molecule has 7 N–H and O–H groups in total. The molecule has 0 atom stereocenters. The Labute approximate surface area is 143 Å². The standard InChI is InChI=1S/C16H12O10/c1-25-15-6(17)2-4(9(19)13(15)23)5-3-26-16-7(8(5)18)10(20)11(21)12(22)14(16)24/h2-3,17,19-24H,1H3. The Kier molecular flexibility index (Phi) is 3.61. The second-order valence-electron chi connectivity index (χ2n) is 5.25. The summed E-state index contributed by atoms with van der Waals surface area (Å²) in [6.45, 7) is 0. The number of phenolic OH excluding ortho intramolecular Hbond substituents is 7. The van der Waals surface area contributed by atoms with Crippen LogP contribution in [0.5, 0.6) is 46.0 Å². The number of methoxy groups -OCH3 is 1. The minimum atomic E-state index is -1.15. The smallest absolute Gasteiger partial charge is 0.208 e. The summed E-state index contributed by atoms with van der Waals surface area (Å²) in [6, 6.07) is 0.906. The Morgan fingerprint density at radius 2 is 1.42 bits per heavy atom. The summed E-state index contributed by atoms with van der Waals surface area (Å²) in [5, 5.41) is 67.9. The molecule has 3 aromatic rings. The first-order chi connectivity index (χ1) is 12.2. The van der Waals surface area contributed by atoms with Gasteiger partial charge in [0.1, 0.15) is 11.6 Å². The van der Waals surface area contributed by atoms with Gasteiger partial charge in [0.2, 0.25) is 34.2 Å². The van der Waals surface area contributed by atoms with Crippen LogP contribution < -0.4 is 10.2 Å². The van der Waals surface area contributed by atoms with Crippen LogP contribution in [0, 0.1) is 0 Å². The highest BCUT2D eigenvalue weighted by Gasteiger charge is 2.26. The first-order valence-corrected chi connectivity index (χ1v) is 6.94. The van der Waals surface area contributed by atoms with Gasteiger partial charge < -0.3 is 44.9 Å². The SMILES string of the molecule is COc1c(O)cc(-c2coc3c(O)c(O)c(O)c(O)c3c2=O)c(O)c1O. The van der Waals surface area contributed by atoms with Crippen molar-refractivity contribution in [2.24, 2.45) is 0 Å². The summed E-state index contributed by atoms with van der Waals surface area (Å²) in [5.41, 5.74) is -2.45. The largest absolute Gasteiger partial charge is 0.504 e. The van der Waals surface area contributed by atoms with E-state index < -0.39 is 68.0 Å². The predicted octanol–water partition coefficient (Wildman–Crippen LogP) is 1.41. The van der Waals surface area contributed by atoms with Crippen molar-refractivity contribution in [2.75, 3.05) is 7.11 Å². The molecule has 10 heteroatoms. The van der Waals surface area contributed by atoms with Crippen molar-refractivity contribution in [1.82, 2.24) is 0 Å². The fourth-order valence-corrected chi connectivity index (χ4v) is 2.53. The van der Waals surface area contributed by atoms with E-state index in [-0.39, 0.29) is 5.56 Å². The molecule has 1 heterocycles. The molecule has 0 bridgehead atoms. The number of hydrogen-bond donors (Lipinski definition) is 7. The van der Waals surface area contributed by atoms with E-state index in [2.05, 4.69) is 0 Å². The fourth-order valence-electron chi connectivity index (χ4n) is 2.53. The molecule has 0 unspecified atom stereocenters. The number of rotatable bonds is 2. The number of ether oxygens (including phenoxy) is 1. The van der Waals surface area contributed by atoms with Crippen LogP contribution in [-0.2, 0) is 0 Å². The lowest BCUT2D eigenvalue weighted by Crippen LogP contribution is -2.06. The van der Waals surface area contributed by atoms with Gasteiger partial charge in [-0.1, -0.05) is 0 Å². The highest BCUT2D eigenvalue weighted by molar-refractivity contribution is 5.96. The average Bonchev–Trinajstić information content (AvgIpc) is 2.61. The predicted molar refractivity (Wildman–Crippen MR) is 86.1 cm³/mol. The van der Waals surface area contributed by atoms with Gasteiger partial charge in [0.05, 0.1) is 12.7 Å². The molecule has 0 fully saturated rings. The molecule has 136 valence electrons. The molecule has 0 saturated carbocycles. The molecular formula is C16H12O10. The molecule has 0 saturated heterocycles. The van der Waals surface area contributed by atoms with Gasteiger partial charge in [0.25, 0.3) is 0 Å². The third-order valence-electron chi connectivity index (χ3n) is 3.82. The molecule has 10 nitrogen and oxygen atoms in total. The van der Waals surface area contributed by atoms with Gasteiger partial charge in [-0.15, -0.1) is 0 Å². The topological polar surface area (TPSA) is 181 Å². The average molecular weight is 364 g/mol. The van der Waals surface area contributed by atoms with Gasteiger partial charge in [-0.25, -0.2) is 0 Å². The third kappa shape index (κ3) is 2.09. The lowest BCUT2D eigenvalue weighted by Gasteiger charge is -2.12. The van der Waals surface area contributed by atoms with Gasteiger partial charge >= 0.3 is 0 Å². The monoisotopic (exact) mass is 364 g/mol. The number of benzene rings is 2. The zero-order chi connectivity index (χ0) is 19.3. The summed E-state index contributed by atoms with van der Waals surface area (Å²) in [4.78, 5) is 12.7. The normalized spacial score (nSPS) is 11.0. The van der Waals surface area contributed by atoms with Crippen molar-refractivity contribution in [3.05, 3.63) is 22.6 Å². The van der Waals surface area contributed by atoms with E-state index in [1.54, 1.807) is 0 Å². The molecule has 0 aliphatic heterocycles. The lowest BCUT2D eigenvalue weighted by molar-refractivity contribution is 0.330. The molecular weight excluding hydrogens is 352 g/mol. The van der Waals surface area contributed by atoms with E-state index in [0.717, 1.165) is 19.4 Å². The maximum atomic E-state index is 12.7. The highest BCUT2D eigenvalue weighted by atomic mass is 16.5. The molecule has 0 aliphatic rings. The number of phenols is 7. The molecule has 0 aliphatic carbocycles. The van der Waals surface area contributed by atoms with E-state index in [1.807, 2.05) is 0 Å². The minimum Gasteiger partial charge on any atom is -0.504 e. The zero-order valence-corrected chi connectivity index (χ0v) is 13.0. The van der Waals surface area contributed by atoms with E-state index in [0.29, 0.717) is 0 Å². The Hall–Kier alpha value is -3.95. The van der Waals surface area contributed by atoms with Crippen LogP contribution in [0.3, 0.4) is 0 Å². The molecule has 3 rings (SSSR count). The van der Waals surface area contributed by atoms with E-state index >= 15 is 0 Å². The van der Waals surface area contributed by atoms with Crippen molar-refractivity contribution >= 4 is 11.0 Å². The summed E-state index contributed by atoms with van der Waals surface area (Å²) in [7, 11) is 1.13. The van der Waals surface area contributed by atoms with E-state index in [9.17, 15) is 40.5 Å². The van der Waals surface area contributed by atoms with Crippen LogP contribution >= 0.6 is 0 Å². The molecule has 0 spiro atoms. The second kappa shape index (κ2) is 5.55. The lowest BCUT2D eigenvalue weighted by atomic mass is 10.0. The Balaban J connectivity index is 2.43. The van der Waals surface area contributed by atoms with Crippen molar-refractivity contribution in [2.45, 2.75) is 0 Å². The Morgan fingerprint density at radius 3 is 2.04 bits per heavy atom. The van der Waals surface area contributed by atoms with Gasteiger partial charge in [-0.3, -0.25) is 4.79 Å². The maximum Gasteiger partial charge on any atom is 0.208 e. The van der Waals surface area contributed by atoms with E-state index in [1.165, 1.54) is 0 Å². The van der Waals surface area contributed by atoms with E-state index in [4.69, 9.17) is 9.15 Å². The number of aromatic hydroxyl groups is 7. The molecule has 26 heavy (non-hydrogen) atoms. The summed E-state index contributed by atoms with van der Waals surface area (Å²) >= 11 is 0. The van der Waals surface area contributed by atoms with Crippen LogP contribution in [0.25, 0.3) is 22.1 Å². The first kappa shape index (κ1) is 16.9. The fraction of sp³-hybridized carbons (Fsp3) is 0.0625. The van der Waals surface area contributed by atoms with Gasteiger partial charge in [0.15, 0.2) is 22.8 Å². The summed E-state index contributed by atoms with van der Waals surface area (Å²) in [6.07, 6.45) is 0.765. The van der Waals surface area contributed by atoms with Crippen LogP contribution in [0.15, 0.2) is 21.5 Å². The first-order valence-electron chi connectivity index (χ1n) is 6.94. The second-order valence-corrected chi connectivity index (χ2v) is 5.25. The quantitative estimate of drug-likeness (QED) is 0.259. The molecule has 1 aromatic heterocycles. The van der Waals surface area contributed by atoms with Crippen molar-refractivity contribution in [3.63, 3.8) is 0 Å². The maximum absolute atomic E-state index is 12.7.